The zero-order chi connectivity index (χ0) is 21.3. The molecule has 0 aliphatic heterocycles. The Balaban J connectivity index is 1.57. The number of thiazole rings is 1. The molecule has 3 aromatic carbocycles. The fraction of sp³-hybridized carbons (Fsp3) is 0.0909. The summed E-state index contributed by atoms with van der Waals surface area (Å²) in [5, 5.41) is 3.24. The first-order chi connectivity index (χ1) is 14.3. The average molecular weight is 438 g/mol. The van der Waals surface area contributed by atoms with Gasteiger partial charge in [0.15, 0.2) is 5.13 Å². The van der Waals surface area contributed by atoms with E-state index in [1.54, 1.807) is 61.5 Å². The van der Waals surface area contributed by atoms with E-state index in [9.17, 15) is 13.2 Å². The molecule has 0 unspecified atom stereocenters. The Labute approximate surface area is 178 Å². The predicted octanol–water partition coefficient (Wildman–Crippen LogP) is 4.97. The molecule has 6 nitrogen and oxygen atoms in total. The van der Waals surface area contributed by atoms with Crippen LogP contribution in [0.1, 0.15) is 21.5 Å². The molecule has 0 spiro atoms. The van der Waals surface area contributed by atoms with Crippen LogP contribution in [0.5, 0.6) is 0 Å². The second-order valence-corrected chi connectivity index (χ2v) is 9.58. The van der Waals surface area contributed by atoms with Gasteiger partial charge < -0.3 is 0 Å². The second kappa shape index (κ2) is 7.89. The molecule has 0 bridgehead atoms. The highest BCUT2D eigenvalue weighted by molar-refractivity contribution is 7.92. The number of sulfonamides is 1. The molecule has 8 heteroatoms. The smallest absolute Gasteiger partial charge is 0.262 e. The summed E-state index contributed by atoms with van der Waals surface area (Å²) < 4.78 is 29.0. The van der Waals surface area contributed by atoms with E-state index >= 15 is 0 Å². The van der Waals surface area contributed by atoms with Crippen LogP contribution in [0.3, 0.4) is 0 Å². The molecule has 0 atom stereocenters. The summed E-state index contributed by atoms with van der Waals surface area (Å²) in [5.41, 5.74) is 3.35. The molecule has 1 heterocycles. The van der Waals surface area contributed by atoms with Gasteiger partial charge in [0, 0.05) is 5.56 Å². The minimum absolute atomic E-state index is 0.244. The van der Waals surface area contributed by atoms with Gasteiger partial charge in [-0.05, 0) is 55.8 Å². The van der Waals surface area contributed by atoms with Crippen molar-refractivity contribution in [3.8, 4) is 0 Å². The standard InChI is InChI=1S/C22H19N3O3S2/c1-14-8-11-20(15(2)12-14)30(27,28)25-17-9-10-18-19(13-17)29-22(23-18)24-21(26)16-6-4-3-5-7-16/h3-13,25H,1-2H3,(H,23,24,26). The average Bonchev–Trinajstić information content (AvgIpc) is 3.09. The Morgan fingerprint density at radius 1 is 0.967 bits per heavy atom. The summed E-state index contributed by atoms with van der Waals surface area (Å²) in [5.74, 6) is -0.245. The van der Waals surface area contributed by atoms with Gasteiger partial charge in [-0.15, -0.1) is 0 Å². The van der Waals surface area contributed by atoms with E-state index < -0.39 is 10.0 Å². The number of hydrogen-bond acceptors (Lipinski definition) is 5. The predicted molar refractivity (Wildman–Crippen MR) is 121 cm³/mol. The Kier molecular flexibility index (Phi) is 5.27. The highest BCUT2D eigenvalue weighted by Crippen LogP contribution is 2.30. The number of aryl methyl sites for hydroxylation is 2. The van der Waals surface area contributed by atoms with Gasteiger partial charge in [0.1, 0.15) is 0 Å². The minimum Gasteiger partial charge on any atom is -0.298 e. The number of fused-ring (bicyclic) bond motifs is 1. The van der Waals surface area contributed by atoms with Crippen molar-refractivity contribution < 1.29 is 13.2 Å². The summed E-state index contributed by atoms with van der Waals surface area (Å²) in [7, 11) is -3.71. The number of nitrogens with one attached hydrogen (secondary N) is 2. The largest absolute Gasteiger partial charge is 0.298 e. The summed E-state index contributed by atoms with van der Waals surface area (Å²) >= 11 is 1.28. The molecule has 1 amide bonds. The van der Waals surface area contributed by atoms with Crippen LogP contribution in [0, 0.1) is 13.8 Å². The van der Waals surface area contributed by atoms with Crippen molar-refractivity contribution in [2.45, 2.75) is 18.7 Å². The first kappa shape index (κ1) is 20.1. The van der Waals surface area contributed by atoms with Gasteiger partial charge in [0.05, 0.1) is 20.8 Å². The topological polar surface area (TPSA) is 88.2 Å². The Bertz CT molecular complexity index is 1350. The Morgan fingerprint density at radius 3 is 2.47 bits per heavy atom. The van der Waals surface area contributed by atoms with Crippen LogP contribution in [-0.4, -0.2) is 19.3 Å². The fourth-order valence-electron chi connectivity index (χ4n) is 3.11. The van der Waals surface area contributed by atoms with Crippen molar-refractivity contribution in [1.29, 1.82) is 0 Å². The van der Waals surface area contributed by atoms with Gasteiger partial charge in [0.2, 0.25) is 0 Å². The number of amides is 1. The summed E-state index contributed by atoms with van der Waals surface area (Å²) in [6, 6.07) is 19.2. The van der Waals surface area contributed by atoms with Gasteiger partial charge in [-0.25, -0.2) is 13.4 Å². The maximum Gasteiger partial charge on any atom is 0.262 e. The van der Waals surface area contributed by atoms with Gasteiger partial charge in [-0.2, -0.15) is 0 Å². The number of aromatic nitrogens is 1. The number of nitrogens with zero attached hydrogens (tertiary/aromatic N) is 1. The quantitative estimate of drug-likeness (QED) is 0.462. The Hall–Kier alpha value is -3.23. The monoisotopic (exact) mass is 437 g/mol. The molecule has 30 heavy (non-hydrogen) atoms. The van der Waals surface area contributed by atoms with Crippen molar-refractivity contribution in [1.82, 2.24) is 4.98 Å². The van der Waals surface area contributed by atoms with Gasteiger partial charge >= 0.3 is 0 Å². The molecule has 0 fully saturated rings. The van der Waals surface area contributed by atoms with E-state index in [0.717, 1.165) is 10.3 Å². The summed E-state index contributed by atoms with van der Waals surface area (Å²) in [4.78, 5) is 17.0. The van der Waals surface area contributed by atoms with E-state index in [0.29, 0.717) is 27.5 Å². The molecular formula is C22H19N3O3S2. The second-order valence-electron chi connectivity index (χ2n) is 6.90. The molecule has 0 radical (unpaired) electrons. The maximum atomic E-state index is 12.8. The van der Waals surface area contributed by atoms with Crippen molar-refractivity contribution in [2.75, 3.05) is 10.0 Å². The molecule has 2 N–H and O–H groups in total. The lowest BCUT2D eigenvalue weighted by atomic mass is 10.2. The number of anilines is 2. The normalized spacial score (nSPS) is 11.4. The van der Waals surface area contributed by atoms with Gasteiger partial charge in [-0.1, -0.05) is 47.2 Å². The van der Waals surface area contributed by atoms with E-state index in [2.05, 4.69) is 15.0 Å². The highest BCUT2D eigenvalue weighted by Gasteiger charge is 2.18. The number of benzene rings is 3. The van der Waals surface area contributed by atoms with Gasteiger partial charge in [0.25, 0.3) is 15.9 Å². The van der Waals surface area contributed by atoms with Crippen LogP contribution < -0.4 is 10.0 Å². The molecule has 0 aliphatic rings. The summed E-state index contributed by atoms with van der Waals surface area (Å²) in [6.07, 6.45) is 0. The van der Waals surface area contributed by atoms with Crippen LogP contribution >= 0.6 is 11.3 Å². The van der Waals surface area contributed by atoms with E-state index in [-0.39, 0.29) is 10.8 Å². The third-order valence-corrected chi connectivity index (χ3v) is 6.99. The molecule has 152 valence electrons. The zero-order valence-electron chi connectivity index (χ0n) is 16.3. The number of carbonyl (C=O) groups is 1. The minimum atomic E-state index is -3.71. The Morgan fingerprint density at radius 2 is 1.73 bits per heavy atom. The van der Waals surface area contributed by atoms with Crippen molar-refractivity contribution in [3.05, 3.63) is 83.4 Å². The van der Waals surface area contributed by atoms with E-state index in [1.165, 1.54) is 11.3 Å². The maximum absolute atomic E-state index is 12.8. The van der Waals surface area contributed by atoms with Gasteiger partial charge in [-0.3, -0.25) is 14.8 Å². The lowest BCUT2D eigenvalue weighted by molar-refractivity contribution is 0.102. The molecule has 1 aromatic heterocycles. The third-order valence-electron chi connectivity index (χ3n) is 4.52. The van der Waals surface area contributed by atoms with E-state index in [4.69, 9.17) is 0 Å². The molecule has 0 saturated heterocycles. The number of rotatable bonds is 5. The lowest BCUT2D eigenvalue weighted by Gasteiger charge is -2.11. The van der Waals surface area contributed by atoms with Crippen LogP contribution in [0.2, 0.25) is 0 Å². The van der Waals surface area contributed by atoms with E-state index in [1.807, 2.05) is 19.1 Å². The molecule has 4 rings (SSSR count). The lowest BCUT2D eigenvalue weighted by Crippen LogP contribution is -2.14. The zero-order valence-corrected chi connectivity index (χ0v) is 18.0. The number of carbonyl (C=O) groups excluding carboxylic acids is 1. The molecule has 4 aromatic rings. The van der Waals surface area contributed by atoms with Crippen molar-refractivity contribution >= 4 is 48.3 Å². The third kappa shape index (κ3) is 4.19. The fourth-order valence-corrected chi connectivity index (χ4v) is 5.29. The molecule has 0 aliphatic carbocycles. The van der Waals surface area contributed by atoms with Crippen LogP contribution in [0.15, 0.2) is 71.6 Å². The highest BCUT2D eigenvalue weighted by atomic mass is 32.2. The van der Waals surface area contributed by atoms with Crippen molar-refractivity contribution in [3.63, 3.8) is 0 Å². The summed E-state index contributed by atoms with van der Waals surface area (Å²) in [6.45, 7) is 3.69. The number of hydrogen-bond donors (Lipinski definition) is 2. The van der Waals surface area contributed by atoms with Crippen LogP contribution in [-0.2, 0) is 10.0 Å². The van der Waals surface area contributed by atoms with Crippen LogP contribution in [0.25, 0.3) is 10.2 Å². The van der Waals surface area contributed by atoms with Crippen LogP contribution in [0.4, 0.5) is 10.8 Å². The SMILES string of the molecule is Cc1ccc(S(=O)(=O)Nc2ccc3nc(NC(=O)c4ccccc4)sc3c2)c(C)c1. The van der Waals surface area contributed by atoms with Crippen molar-refractivity contribution in [2.24, 2.45) is 0 Å². The molecular weight excluding hydrogens is 418 g/mol. The molecule has 0 saturated carbocycles. The first-order valence-corrected chi connectivity index (χ1v) is 11.5. The first-order valence-electron chi connectivity index (χ1n) is 9.19.